The van der Waals surface area contributed by atoms with Crippen molar-refractivity contribution >= 4 is 22.3 Å². The lowest BCUT2D eigenvalue weighted by Gasteiger charge is -2.10. The van der Waals surface area contributed by atoms with E-state index in [1.807, 2.05) is 24.3 Å². The number of anilines is 2. The van der Waals surface area contributed by atoms with Crippen molar-refractivity contribution in [1.29, 1.82) is 0 Å². The molecule has 0 saturated heterocycles. The second-order valence-corrected chi connectivity index (χ2v) is 4.91. The van der Waals surface area contributed by atoms with Gasteiger partial charge in [-0.2, -0.15) is 0 Å². The maximum absolute atomic E-state index is 12.9. The standard InChI is InChI=1S/C17H16FN3/c18-13-6-4-12(5-7-13)8-10-20-16-9-11-21-17-14(16)2-1-3-15(17)19/h1-7,9,11H,8,10,19H2,(H,20,21). The van der Waals surface area contributed by atoms with Crippen LogP contribution in [0.4, 0.5) is 15.8 Å². The van der Waals surface area contributed by atoms with Gasteiger partial charge in [-0.15, -0.1) is 0 Å². The van der Waals surface area contributed by atoms with Crippen LogP contribution in [0.3, 0.4) is 0 Å². The number of hydrogen-bond donors (Lipinski definition) is 2. The number of pyridine rings is 1. The molecule has 0 bridgehead atoms. The van der Waals surface area contributed by atoms with Crippen molar-refractivity contribution in [3.05, 3.63) is 66.1 Å². The van der Waals surface area contributed by atoms with E-state index in [0.29, 0.717) is 5.69 Å². The third-order valence-electron chi connectivity index (χ3n) is 3.44. The second-order valence-electron chi connectivity index (χ2n) is 4.91. The van der Waals surface area contributed by atoms with Crippen LogP contribution in [-0.4, -0.2) is 11.5 Å². The molecule has 3 aromatic rings. The first-order valence-electron chi connectivity index (χ1n) is 6.85. The monoisotopic (exact) mass is 281 g/mol. The van der Waals surface area contributed by atoms with Crippen LogP contribution in [0.1, 0.15) is 5.56 Å². The van der Waals surface area contributed by atoms with E-state index in [0.717, 1.165) is 35.1 Å². The zero-order chi connectivity index (χ0) is 14.7. The lowest BCUT2D eigenvalue weighted by atomic mass is 10.1. The van der Waals surface area contributed by atoms with E-state index >= 15 is 0 Å². The van der Waals surface area contributed by atoms with Crippen molar-refractivity contribution in [2.45, 2.75) is 6.42 Å². The van der Waals surface area contributed by atoms with Crippen LogP contribution in [0.15, 0.2) is 54.7 Å². The summed E-state index contributed by atoms with van der Waals surface area (Å²) in [6.45, 7) is 0.763. The number of halogens is 1. The molecule has 2 aromatic carbocycles. The molecule has 0 aliphatic heterocycles. The molecule has 0 aliphatic carbocycles. The molecule has 21 heavy (non-hydrogen) atoms. The maximum atomic E-state index is 12.9. The lowest BCUT2D eigenvalue weighted by molar-refractivity contribution is 0.627. The van der Waals surface area contributed by atoms with Gasteiger partial charge in [0.25, 0.3) is 0 Å². The van der Waals surface area contributed by atoms with Crippen LogP contribution in [-0.2, 0) is 6.42 Å². The van der Waals surface area contributed by atoms with Crippen LogP contribution < -0.4 is 11.1 Å². The summed E-state index contributed by atoms with van der Waals surface area (Å²) in [6, 6.07) is 14.3. The van der Waals surface area contributed by atoms with Crippen LogP contribution in [0, 0.1) is 5.82 Å². The Morgan fingerprint density at radius 2 is 1.86 bits per heavy atom. The molecule has 0 saturated carbocycles. The number of nitrogens with two attached hydrogens (primary N) is 1. The third-order valence-corrected chi connectivity index (χ3v) is 3.44. The van der Waals surface area contributed by atoms with Crippen molar-refractivity contribution in [3.63, 3.8) is 0 Å². The highest BCUT2D eigenvalue weighted by Crippen LogP contribution is 2.25. The molecule has 1 heterocycles. The van der Waals surface area contributed by atoms with Gasteiger partial charge in [-0.1, -0.05) is 24.3 Å². The van der Waals surface area contributed by atoms with E-state index in [1.165, 1.54) is 12.1 Å². The number of nitrogens with one attached hydrogen (secondary N) is 1. The highest BCUT2D eigenvalue weighted by Gasteiger charge is 2.03. The summed E-state index contributed by atoms with van der Waals surface area (Å²) in [5, 5.41) is 4.40. The van der Waals surface area contributed by atoms with E-state index in [4.69, 9.17) is 5.73 Å². The molecule has 0 radical (unpaired) electrons. The van der Waals surface area contributed by atoms with E-state index < -0.39 is 0 Å². The minimum atomic E-state index is -0.206. The summed E-state index contributed by atoms with van der Waals surface area (Å²) in [6.07, 6.45) is 2.57. The quantitative estimate of drug-likeness (QED) is 0.718. The summed E-state index contributed by atoms with van der Waals surface area (Å²) in [4.78, 5) is 4.31. The Labute approximate surface area is 122 Å². The van der Waals surface area contributed by atoms with Gasteiger partial charge in [0, 0.05) is 23.8 Å². The summed E-state index contributed by atoms with van der Waals surface area (Å²) in [7, 11) is 0. The normalized spacial score (nSPS) is 10.7. The van der Waals surface area contributed by atoms with E-state index in [1.54, 1.807) is 18.3 Å². The average Bonchev–Trinajstić information content (AvgIpc) is 2.50. The zero-order valence-corrected chi connectivity index (χ0v) is 11.5. The predicted molar refractivity (Wildman–Crippen MR) is 84.7 cm³/mol. The van der Waals surface area contributed by atoms with E-state index in [2.05, 4.69) is 10.3 Å². The van der Waals surface area contributed by atoms with Crippen LogP contribution in [0.2, 0.25) is 0 Å². The Kier molecular flexibility index (Phi) is 3.69. The van der Waals surface area contributed by atoms with Crippen molar-refractivity contribution in [1.82, 2.24) is 4.98 Å². The van der Waals surface area contributed by atoms with Crippen LogP contribution in [0.25, 0.3) is 10.9 Å². The number of fused-ring (bicyclic) bond motifs is 1. The molecule has 0 aliphatic rings. The van der Waals surface area contributed by atoms with Gasteiger partial charge in [0.15, 0.2) is 0 Å². The van der Waals surface area contributed by atoms with Crippen molar-refractivity contribution in [2.75, 3.05) is 17.6 Å². The first kappa shape index (κ1) is 13.4. The Bertz CT molecular complexity index is 754. The number of rotatable bonds is 4. The van der Waals surface area contributed by atoms with Crippen LogP contribution >= 0.6 is 0 Å². The molecule has 0 atom stereocenters. The number of benzene rings is 2. The molecule has 3 nitrogen and oxygen atoms in total. The molecule has 4 heteroatoms. The Hall–Kier alpha value is -2.62. The Morgan fingerprint density at radius 1 is 1.05 bits per heavy atom. The largest absolute Gasteiger partial charge is 0.397 e. The Balaban J connectivity index is 1.73. The summed E-state index contributed by atoms with van der Waals surface area (Å²) >= 11 is 0. The van der Waals surface area contributed by atoms with Gasteiger partial charge in [-0.05, 0) is 36.2 Å². The summed E-state index contributed by atoms with van der Waals surface area (Å²) in [5.41, 5.74) is 9.53. The molecule has 3 rings (SSSR count). The molecule has 3 N–H and O–H groups in total. The number of para-hydroxylation sites is 1. The van der Waals surface area contributed by atoms with Gasteiger partial charge < -0.3 is 11.1 Å². The first-order valence-corrected chi connectivity index (χ1v) is 6.85. The highest BCUT2D eigenvalue weighted by molar-refractivity contribution is 5.97. The molecule has 0 spiro atoms. The molecule has 106 valence electrons. The summed E-state index contributed by atoms with van der Waals surface area (Å²) < 4.78 is 12.9. The number of hydrogen-bond acceptors (Lipinski definition) is 3. The van der Waals surface area contributed by atoms with Crippen molar-refractivity contribution in [3.8, 4) is 0 Å². The molecule has 0 amide bonds. The first-order chi connectivity index (χ1) is 10.2. The van der Waals surface area contributed by atoms with Gasteiger partial charge >= 0.3 is 0 Å². The smallest absolute Gasteiger partial charge is 0.123 e. The molecule has 1 aromatic heterocycles. The van der Waals surface area contributed by atoms with Gasteiger partial charge in [0.2, 0.25) is 0 Å². The van der Waals surface area contributed by atoms with E-state index in [-0.39, 0.29) is 5.82 Å². The fourth-order valence-electron chi connectivity index (χ4n) is 2.35. The zero-order valence-electron chi connectivity index (χ0n) is 11.5. The number of nitrogens with zero attached hydrogens (tertiary/aromatic N) is 1. The lowest BCUT2D eigenvalue weighted by Crippen LogP contribution is -2.05. The summed E-state index contributed by atoms with van der Waals surface area (Å²) in [5.74, 6) is -0.206. The predicted octanol–water partition coefficient (Wildman–Crippen LogP) is 3.61. The SMILES string of the molecule is Nc1cccc2c(NCCc3ccc(F)cc3)ccnc12. The van der Waals surface area contributed by atoms with Gasteiger partial charge in [0.1, 0.15) is 5.82 Å². The average molecular weight is 281 g/mol. The van der Waals surface area contributed by atoms with Crippen LogP contribution in [0.5, 0.6) is 0 Å². The maximum Gasteiger partial charge on any atom is 0.123 e. The van der Waals surface area contributed by atoms with Gasteiger partial charge in [-0.25, -0.2) is 4.39 Å². The van der Waals surface area contributed by atoms with Gasteiger partial charge in [-0.3, -0.25) is 4.98 Å². The number of nitrogen functional groups attached to an aromatic ring is 1. The topological polar surface area (TPSA) is 50.9 Å². The molecule has 0 unspecified atom stereocenters. The molecular formula is C17H16FN3. The Morgan fingerprint density at radius 3 is 2.67 bits per heavy atom. The fraction of sp³-hybridized carbons (Fsp3) is 0.118. The van der Waals surface area contributed by atoms with Gasteiger partial charge in [0.05, 0.1) is 11.2 Å². The molecular weight excluding hydrogens is 265 g/mol. The third kappa shape index (κ3) is 2.94. The molecule has 0 fully saturated rings. The minimum absolute atomic E-state index is 0.206. The minimum Gasteiger partial charge on any atom is -0.397 e. The van der Waals surface area contributed by atoms with E-state index in [9.17, 15) is 4.39 Å². The highest BCUT2D eigenvalue weighted by atomic mass is 19.1. The van der Waals surface area contributed by atoms with Crippen molar-refractivity contribution in [2.24, 2.45) is 0 Å². The fourth-order valence-corrected chi connectivity index (χ4v) is 2.35. The second kappa shape index (κ2) is 5.79. The number of aromatic nitrogens is 1. The van der Waals surface area contributed by atoms with Crippen molar-refractivity contribution < 1.29 is 4.39 Å².